The fraction of sp³-hybridized carbons (Fsp3) is 0.261. The van der Waals surface area contributed by atoms with E-state index in [4.69, 9.17) is 4.42 Å². The van der Waals surface area contributed by atoms with Crippen LogP contribution in [0, 0.1) is 0 Å². The summed E-state index contributed by atoms with van der Waals surface area (Å²) in [6.45, 7) is 2.23. The van der Waals surface area contributed by atoms with Crippen LogP contribution < -0.4 is 10.2 Å². The second kappa shape index (κ2) is 7.67. The lowest BCUT2D eigenvalue weighted by Crippen LogP contribution is -2.36. The zero-order chi connectivity index (χ0) is 20.5. The minimum Gasteiger partial charge on any atom is -0.445 e. The highest BCUT2D eigenvalue weighted by Crippen LogP contribution is 2.24. The number of urea groups is 1. The van der Waals surface area contributed by atoms with E-state index in [9.17, 15) is 9.59 Å². The fourth-order valence-corrected chi connectivity index (χ4v) is 3.98. The van der Waals surface area contributed by atoms with Gasteiger partial charge in [0.05, 0.1) is 6.54 Å². The average Bonchev–Trinajstić information content (AvgIpc) is 3.38. The molecule has 1 N–H and O–H groups in total. The maximum absolute atomic E-state index is 13.1. The molecule has 2 aromatic carbocycles. The summed E-state index contributed by atoms with van der Waals surface area (Å²) in [6, 6.07) is 17.2. The minimum atomic E-state index is -0.129. The fourth-order valence-electron chi connectivity index (χ4n) is 3.98. The number of oxazole rings is 1. The Bertz CT molecular complexity index is 1090. The van der Waals surface area contributed by atoms with Crippen molar-refractivity contribution in [1.82, 2.24) is 15.2 Å². The molecule has 0 spiro atoms. The van der Waals surface area contributed by atoms with Gasteiger partial charge in [0.2, 0.25) is 0 Å². The standard InChI is InChI=1S/C23H22N4O3/c28-22(17-7-4-8-18(14-17)27-12-10-24-23(27)29)26-11-9-20-19(15-26)25-21(30-20)13-16-5-2-1-3-6-16/h1-8,14H,9-13,15H2,(H,24,29). The van der Waals surface area contributed by atoms with Crippen LogP contribution in [0.5, 0.6) is 0 Å². The van der Waals surface area contributed by atoms with Gasteiger partial charge in [-0.2, -0.15) is 0 Å². The monoisotopic (exact) mass is 402 g/mol. The molecule has 5 rings (SSSR count). The molecule has 152 valence electrons. The molecule has 30 heavy (non-hydrogen) atoms. The number of rotatable bonds is 4. The number of nitrogens with one attached hydrogen (secondary N) is 1. The van der Waals surface area contributed by atoms with Gasteiger partial charge in [-0.05, 0) is 23.8 Å². The van der Waals surface area contributed by atoms with E-state index in [1.165, 1.54) is 0 Å². The van der Waals surface area contributed by atoms with Crippen molar-refractivity contribution in [2.75, 3.05) is 24.5 Å². The molecule has 7 nitrogen and oxygen atoms in total. The highest BCUT2D eigenvalue weighted by atomic mass is 16.4. The van der Waals surface area contributed by atoms with Crippen LogP contribution in [0.3, 0.4) is 0 Å². The van der Waals surface area contributed by atoms with Gasteiger partial charge >= 0.3 is 6.03 Å². The van der Waals surface area contributed by atoms with Gasteiger partial charge < -0.3 is 14.6 Å². The molecule has 3 amide bonds. The molecule has 0 radical (unpaired) electrons. The van der Waals surface area contributed by atoms with E-state index in [-0.39, 0.29) is 11.9 Å². The van der Waals surface area contributed by atoms with Crippen LogP contribution in [-0.2, 0) is 19.4 Å². The Morgan fingerprint density at radius 2 is 1.97 bits per heavy atom. The van der Waals surface area contributed by atoms with Crippen molar-refractivity contribution < 1.29 is 14.0 Å². The number of anilines is 1. The summed E-state index contributed by atoms with van der Waals surface area (Å²) in [5.74, 6) is 1.49. The normalized spacial score (nSPS) is 15.8. The van der Waals surface area contributed by atoms with Crippen LogP contribution in [0.4, 0.5) is 10.5 Å². The summed E-state index contributed by atoms with van der Waals surface area (Å²) < 4.78 is 5.94. The van der Waals surface area contributed by atoms with Crippen LogP contribution in [0.2, 0.25) is 0 Å². The lowest BCUT2D eigenvalue weighted by Gasteiger charge is -2.26. The second-order valence-corrected chi connectivity index (χ2v) is 7.55. The van der Waals surface area contributed by atoms with Crippen molar-refractivity contribution >= 4 is 17.6 Å². The number of hydrogen-bond acceptors (Lipinski definition) is 4. The highest BCUT2D eigenvalue weighted by molar-refractivity contribution is 5.98. The number of carbonyl (C=O) groups is 2. The summed E-state index contributed by atoms with van der Waals surface area (Å²) in [5.41, 5.74) is 3.28. The van der Waals surface area contributed by atoms with Gasteiger partial charge in [0.1, 0.15) is 11.5 Å². The third-order valence-corrected chi connectivity index (χ3v) is 5.52. The van der Waals surface area contributed by atoms with Gasteiger partial charge in [-0.1, -0.05) is 36.4 Å². The molecule has 2 aliphatic heterocycles. The zero-order valence-corrected chi connectivity index (χ0v) is 16.5. The molecule has 1 fully saturated rings. The van der Waals surface area contributed by atoms with Crippen molar-refractivity contribution in [1.29, 1.82) is 0 Å². The van der Waals surface area contributed by atoms with Crippen molar-refractivity contribution in [3.63, 3.8) is 0 Å². The zero-order valence-electron chi connectivity index (χ0n) is 16.5. The van der Waals surface area contributed by atoms with Crippen molar-refractivity contribution in [3.8, 4) is 0 Å². The predicted molar refractivity (Wildman–Crippen MR) is 111 cm³/mol. The molecule has 0 unspecified atom stereocenters. The number of amides is 3. The molecule has 3 heterocycles. The summed E-state index contributed by atoms with van der Waals surface area (Å²) >= 11 is 0. The third-order valence-electron chi connectivity index (χ3n) is 5.52. The van der Waals surface area contributed by atoms with Gasteiger partial charge in [0.15, 0.2) is 5.89 Å². The first-order chi connectivity index (χ1) is 14.7. The third kappa shape index (κ3) is 3.54. The first kappa shape index (κ1) is 18.4. The summed E-state index contributed by atoms with van der Waals surface area (Å²) in [4.78, 5) is 33.1. The number of aromatic nitrogens is 1. The van der Waals surface area contributed by atoms with E-state index in [2.05, 4.69) is 10.3 Å². The van der Waals surface area contributed by atoms with E-state index in [0.29, 0.717) is 50.5 Å². The molecular formula is C23H22N4O3. The topological polar surface area (TPSA) is 78.7 Å². The van der Waals surface area contributed by atoms with E-state index in [1.54, 1.807) is 21.9 Å². The molecule has 2 aliphatic rings. The van der Waals surface area contributed by atoms with Crippen LogP contribution in [-0.4, -0.2) is 41.5 Å². The quantitative estimate of drug-likeness (QED) is 0.728. The Morgan fingerprint density at radius 3 is 2.77 bits per heavy atom. The number of fused-ring (bicyclic) bond motifs is 1. The number of benzene rings is 2. The average molecular weight is 402 g/mol. The largest absolute Gasteiger partial charge is 0.445 e. The van der Waals surface area contributed by atoms with Crippen molar-refractivity contribution in [2.24, 2.45) is 0 Å². The maximum atomic E-state index is 13.1. The predicted octanol–water partition coefficient (Wildman–Crippen LogP) is 2.99. The minimum absolute atomic E-state index is 0.0604. The second-order valence-electron chi connectivity index (χ2n) is 7.55. The number of hydrogen-bond donors (Lipinski definition) is 1. The smallest absolute Gasteiger partial charge is 0.321 e. The van der Waals surface area contributed by atoms with Crippen LogP contribution in [0.15, 0.2) is 59.0 Å². The summed E-state index contributed by atoms with van der Waals surface area (Å²) in [6.07, 6.45) is 1.29. The molecule has 0 atom stereocenters. The molecule has 0 bridgehead atoms. The SMILES string of the molecule is O=C(c1cccc(N2CCNC2=O)c1)N1CCc2oc(Cc3ccccc3)nc2C1. The van der Waals surface area contributed by atoms with Crippen LogP contribution >= 0.6 is 0 Å². The van der Waals surface area contributed by atoms with E-state index in [1.807, 2.05) is 42.5 Å². The Kier molecular flexibility index (Phi) is 4.71. The first-order valence-corrected chi connectivity index (χ1v) is 10.1. The number of carbonyl (C=O) groups excluding carboxylic acids is 2. The Morgan fingerprint density at radius 1 is 1.10 bits per heavy atom. The van der Waals surface area contributed by atoms with Gasteiger partial charge in [-0.25, -0.2) is 9.78 Å². The first-order valence-electron chi connectivity index (χ1n) is 10.1. The van der Waals surface area contributed by atoms with Crippen LogP contribution in [0.25, 0.3) is 0 Å². The van der Waals surface area contributed by atoms with Crippen molar-refractivity contribution in [3.05, 3.63) is 83.1 Å². The van der Waals surface area contributed by atoms with Gasteiger partial charge in [0.25, 0.3) is 5.91 Å². The Labute approximate surface area is 174 Å². The van der Waals surface area contributed by atoms with E-state index in [0.717, 1.165) is 22.7 Å². The summed E-state index contributed by atoms with van der Waals surface area (Å²) in [5, 5.41) is 2.78. The summed E-state index contributed by atoms with van der Waals surface area (Å²) in [7, 11) is 0. The molecule has 1 aromatic heterocycles. The van der Waals surface area contributed by atoms with E-state index < -0.39 is 0 Å². The lowest BCUT2D eigenvalue weighted by molar-refractivity contribution is 0.0728. The molecule has 3 aromatic rings. The highest BCUT2D eigenvalue weighted by Gasteiger charge is 2.27. The van der Waals surface area contributed by atoms with Crippen molar-refractivity contribution in [2.45, 2.75) is 19.4 Å². The maximum Gasteiger partial charge on any atom is 0.321 e. The van der Waals surface area contributed by atoms with E-state index >= 15 is 0 Å². The Hall–Kier alpha value is -3.61. The molecule has 0 saturated carbocycles. The lowest BCUT2D eigenvalue weighted by atomic mass is 10.1. The molecule has 1 saturated heterocycles. The number of nitrogens with zero attached hydrogens (tertiary/aromatic N) is 3. The van der Waals surface area contributed by atoms with Gasteiger partial charge in [-0.15, -0.1) is 0 Å². The molecule has 7 heteroatoms. The van der Waals surface area contributed by atoms with Gasteiger partial charge in [0, 0.05) is 43.7 Å². The Balaban J connectivity index is 1.31. The van der Waals surface area contributed by atoms with Gasteiger partial charge in [-0.3, -0.25) is 9.69 Å². The molecule has 0 aliphatic carbocycles. The van der Waals surface area contributed by atoms with Crippen LogP contribution in [0.1, 0.15) is 33.3 Å². The molecular weight excluding hydrogens is 380 g/mol.